The summed E-state index contributed by atoms with van der Waals surface area (Å²) in [6, 6.07) is 7.79. The van der Waals surface area contributed by atoms with E-state index in [-0.39, 0.29) is 21.8 Å². The molecule has 10 heteroatoms. The minimum absolute atomic E-state index is 0.0644. The van der Waals surface area contributed by atoms with Gasteiger partial charge in [-0.15, -0.1) is 5.10 Å². The molecular formula is C15H19ClN6O2S. The third-order valence-electron chi connectivity index (χ3n) is 3.02. The molecule has 0 spiro atoms. The Hall–Kier alpha value is -2.39. The highest BCUT2D eigenvalue weighted by atomic mass is 35.5. The van der Waals surface area contributed by atoms with Crippen molar-refractivity contribution in [2.45, 2.75) is 18.7 Å². The maximum absolute atomic E-state index is 13.2. The summed E-state index contributed by atoms with van der Waals surface area (Å²) >= 11 is 6.08. The minimum atomic E-state index is -4.17. The van der Waals surface area contributed by atoms with Gasteiger partial charge in [0.05, 0.1) is 5.02 Å². The standard InChI is InChI=1S/C15H19ClN6O2S/c1-10-9-11(2)19-15(18-10)22(14(17)20-21(3)4)25(23,24)13-8-6-5-7-12(13)16/h5-9H,1-4H3,(H2,17,20). The summed E-state index contributed by atoms with van der Waals surface area (Å²) in [5, 5.41) is 5.43. The van der Waals surface area contributed by atoms with E-state index in [2.05, 4.69) is 15.1 Å². The van der Waals surface area contributed by atoms with Crippen LogP contribution in [0.4, 0.5) is 5.95 Å². The van der Waals surface area contributed by atoms with Crippen LogP contribution in [-0.2, 0) is 10.0 Å². The summed E-state index contributed by atoms with van der Waals surface area (Å²) in [4.78, 5) is 8.28. The fourth-order valence-corrected chi connectivity index (χ4v) is 3.90. The quantitative estimate of drug-likeness (QED) is 0.490. The molecule has 0 saturated heterocycles. The number of nitrogens with zero attached hydrogens (tertiary/aromatic N) is 5. The Labute approximate surface area is 152 Å². The van der Waals surface area contributed by atoms with Gasteiger partial charge < -0.3 is 5.73 Å². The summed E-state index contributed by atoms with van der Waals surface area (Å²) in [5.41, 5.74) is 7.15. The number of hydrogen-bond acceptors (Lipinski definition) is 6. The van der Waals surface area contributed by atoms with Gasteiger partial charge in [-0.1, -0.05) is 23.7 Å². The van der Waals surface area contributed by atoms with E-state index in [1.165, 1.54) is 17.1 Å². The van der Waals surface area contributed by atoms with Gasteiger partial charge in [0.2, 0.25) is 11.9 Å². The molecule has 8 nitrogen and oxygen atoms in total. The second-order valence-electron chi connectivity index (χ2n) is 5.46. The monoisotopic (exact) mass is 382 g/mol. The number of rotatable bonds is 4. The van der Waals surface area contributed by atoms with Crippen LogP contribution in [0.5, 0.6) is 0 Å². The van der Waals surface area contributed by atoms with Crippen molar-refractivity contribution in [1.82, 2.24) is 15.0 Å². The first-order valence-electron chi connectivity index (χ1n) is 7.26. The molecule has 0 radical (unpaired) electrons. The third kappa shape index (κ3) is 4.18. The summed E-state index contributed by atoms with van der Waals surface area (Å²) in [7, 11) is -0.928. The van der Waals surface area contributed by atoms with Gasteiger partial charge in [-0.3, -0.25) is 5.01 Å². The van der Waals surface area contributed by atoms with Crippen LogP contribution in [-0.4, -0.2) is 43.4 Å². The lowest BCUT2D eigenvalue weighted by Gasteiger charge is -2.23. The molecule has 0 aliphatic rings. The van der Waals surface area contributed by atoms with Gasteiger partial charge in [0, 0.05) is 25.5 Å². The number of anilines is 1. The first-order chi connectivity index (χ1) is 11.6. The van der Waals surface area contributed by atoms with E-state index in [1.54, 1.807) is 46.1 Å². The van der Waals surface area contributed by atoms with Crippen LogP contribution in [0.3, 0.4) is 0 Å². The Morgan fingerprint density at radius 3 is 2.24 bits per heavy atom. The Morgan fingerprint density at radius 2 is 1.72 bits per heavy atom. The molecule has 0 atom stereocenters. The van der Waals surface area contributed by atoms with E-state index in [0.717, 1.165) is 4.31 Å². The number of guanidine groups is 1. The maximum atomic E-state index is 13.2. The van der Waals surface area contributed by atoms with Crippen LogP contribution < -0.4 is 10.0 Å². The normalized spacial score (nSPS) is 12.1. The van der Waals surface area contributed by atoms with Gasteiger partial charge in [-0.05, 0) is 32.0 Å². The molecule has 0 bridgehead atoms. The number of nitrogens with two attached hydrogens (primary N) is 1. The van der Waals surface area contributed by atoms with Gasteiger partial charge in [-0.25, -0.2) is 18.4 Å². The fourth-order valence-electron chi connectivity index (χ4n) is 2.13. The molecule has 1 aromatic carbocycles. The summed E-state index contributed by atoms with van der Waals surface area (Å²) in [5.74, 6) is -0.393. The largest absolute Gasteiger partial charge is 0.367 e. The van der Waals surface area contributed by atoms with Crippen LogP contribution in [0.1, 0.15) is 11.4 Å². The van der Waals surface area contributed by atoms with Crippen molar-refractivity contribution in [1.29, 1.82) is 0 Å². The second-order valence-corrected chi connectivity index (χ2v) is 7.62. The van der Waals surface area contributed by atoms with Gasteiger partial charge >= 0.3 is 0 Å². The van der Waals surface area contributed by atoms with Crippen LogP contribution in [0.25, 0.3) is 0 Å². The zero-order chi connectivity index (χ0) is 18.8. The summed E-state index contributed by atoms with van der Waals surface area (Å²) in [6.45, 7) is 3.47. The zero-order valence-corrected chi connectivity index (χ0v) is 15.9. The van der Waals surface area contributed by atoms with Gasteiger partial charge in [-0.2, -0.15) is 4.31 Å². The molecule has 0 amide bonds. The van der Waals surface area contributed by atoms with Crippen molar-refractivity contribution < 1.29 is 8.42 Å². The molecule has 0 unspecified atom stereocenters. The number of halogens is 1. The number of sulfonamides is 1. The van der Waals surface area contributed by atoms with E-state index < -0.39 is 10.0 Å². The van der Waals surface area contributed by atoms with E-state index in [1.807, 2.05) is 0 Å². The van der Waals surface area contributed by atoms with Crippen LogP contribution >= 0.6 is 11.6 Å². The lowest BCUT2D eigenvalue weighted by molar-refractivity contribution is 0.436. The molecule has 1 aromatic heterocycles. The highest BCUT2D eigenvalue weighted by molar-refractivity contribution is 7.93. The van der Waals surface area contributed by atoms with Crippen LogP contribution in [0.2, 0.25) is 5.02 Å². The molecule has 0 aliphatic carbocycles. The van der Waals surface area contributed by atoms with Crippen molar-refractivity contribution in [2.24, 2.45) is 10.8 Å². The minimum Gasteiger partial charge on any atom is -0.367 e. The fraction of sp³-hybridized carbons (Fsp3) is 0.267. The molecule has 2 aromatic rings. The third-order valence-corrected chi connectivity index (χ3v) is 5.20. The van der Waals surface area contributed by atoms with Crippen molar-refractivity contribution >= 4 is 33.5 Å². The van der Waals surface area contributed by atoms with Crippen molar-refractivity contribution in [3.63, 3.8) is 0 Å². The molecule has 2 N–H and O–H groups in total. The molecule has 0 saturated carbocycles. The van der Waals surface area contributed by atoms with Gasteiger partial charge in [0.15, 0.2) is 0 Å². The summed E-state index contributed by atoms with van der Waals surface area (Å²) < 4.78 is 27.1. The van der Waals surface area contributed by atoms with Crippen LogP contribution in [0.15, 0.2) is 40.3 Å². The maximum Gasteiger partial charge on any atom is 0.274 e. The zero-order valence-electron chi connectivity index (χ0n) is 14.3. The summed E-state index contributed by atoms with van der Waals surface area (Å²) in [6.07, 6.45) is 0. The second kappa shape index (κ2) is 7.24. The lowest BCUT2D eigenvalue weighted by atomic mass is 10.4. The highest BCUT2D eigenvalue weighted by Gasteiger charge is 2.32. The number of hydrazone groups is 1. The predicted octanol–water partition coefficient (Wildman–Crippen LogP) is 1.73. The van der Waals surface area contributed by atoms with E-state index >= 15 is 0 Å². The van der Waals surface area contributed by atoms with Crippen molar-refractivity contribution in [3.8, 4) is 0 Å². The first-order valence-corrected chi connectivity index (χ1v) is 9.08. The Kier molecular flexibility index (Phi) is 5.48. The molecule has 0 aliphatic heterocycles. The lowest BCUT2D eigenvalue weighted by Crippen LogP contribution is -2.44. The predicted molar refractivity (Wildman–Crippen MR) is 97.9 cm³/mol. The Morgan fingerprint density at radius 1 is 1.16 bits per heavy atom. The topological polar surface area (TPSA) is 105 Å². The van der Waals surface area contributed by atoms with E-state index in [4.69, 9.17) is 17.3 Å². The highest BCUT2D eigenvalue weighted by Crippen LogP contribution is 2.26. The molecule has 2 rings (SSSR count). The Balaban J connectivity index is 2.73. The number of benzene rings is 1. The molecular weight excluding hydrogens is 364 g/mol. The smallest absolute Gasteiger partial charge is 0.274 e. The van der Waals surface area contributed by atoms with Gasteiger partial charge in [0.25, 0.3) is 10.0 Å². The number of hydrogen-bond donors (Lipinski definition) is 1. The van der Waals surface area contributed by atoms with Crippen LogP contribution in [0, 0.1) is 13.8 Å². The number of aryl methyl sites for hydroxylation is 2. The SMILES string of the molecule is Cc1cc(C)nc(N(C(N)=NN(C)C)S(=O)(=O)c2ccccc2Cl)n1. The van der Waals surface area contributed by atoms with E-state index in [0.29, 0.717) is 11.4 Å². The molecule has 25 heavy (non-hydrogen) atoms. The number of aromatic nitrogens is 2. The molecule has 134 valence electrons. The average molecular weight is 383 g/mol. The Bertz CT molecular complexity index is 894. The van der Waals surface area contributed by atoms with Crippen molar-refractivity contribution in [3.05, 3.63) is 46.7 Å². The van der Waals surface area contributed by atoms with E-state index in [9.17, 15) is 8.42 Å². The van der Waals surface area contributed by atoms with Gasteiger partial charge in [0.1, 0.15) is 4.90 Å². The van der Waals surface area contributed by atoms with Crippen molar-refractivity contribution in [2.75, 3.05) is 18.4 Å². The first kappa shape index (κ1) is 18.9. The average Bonchev–Trinajstić information content (AvgIpc) is 2.45. The molecule has 0 fully saturated rings. The molecule has 1 heterocycles.